The SMILES string of the molecule is Cc1ccccc1OC(C)C(=O)Cl. The highest BCUT2D eigenvalue weighted by molar-refractivity contribution is 6.64. The quantitative estimate of drug-likeness (QED) is 0.698. The van der Waals surface area contributed by atoms with Gasteiger partial charge in [-0.15, -0.1) is 0 Å². The number of rotatable bonds is 3. The summed E-state index contributed by atoms with van der Waals surface area (Å²) in [5.41, 5.74) is 0.993. The predicted octanol–water partition coefficient (Wildman–Crippen LogP) is 2.53. The number of ether oxygens (including phenoxy) is 1. The number of halogens is 1. The molecule has 0 bridgehead atoms. The second-order valence-electron chi connectivity index (χ2n) is 2.83. The van der Waals surface area contributed by atoms with Crippen LogP contribution >= 0.6 is 11.6 Å². The average Bonchev–Trinajstić information content (AvgIpc) is 2.08. The van der Waals surface area contributed by atoms with Gasteiger partial charge in [-0.1, -0.05) is 18.2 Å². The number of para-hydroxylation sites is 1. The first-order chi connectivity index (χ1) is 6.11. The van der Waals surface area contributed by atoms with E-state index in [1.807, 2.05) is 31.2 Å². The summed E-state index contributed by atoms with van der Waals surface area (Å²) in [5.74, 6) is 0.698. The molecule has 70 valence electrons. The zero-order valence-corrected chi connectivity index (χ0v) is 8.34. The minimum atomic E-state index is -0.595. The second kappa shape index (κ2) is 4.28. The molecule has 0 aliphatic carbocycles. The van der Waals surface area contributed by atoms with Crippen LogP contribution in [-0.4, -0.2) is 11.3 Å². The number of benzene rings is 1. The van der Waals surface area contributed by atoms with E-state index in [0.29, 0.717) is 5.75 Å². The molecule has 1 aromatic carbocycles. The molecule has 0 aliphatic rings. The van der Waals surface area contributed by atoms with Crippen LogP contribution in [0.25, 0.3) is 0 Å². The third-order valence-electron chi connectivity index (χ3n) is 1.72. The van der Waals surface area contributed by atoms with Gasteiger partial charge in [0, 0.05) is 0 Å². The van der Waals surface area contributed by atoms with Crippen molar-refractivity contribution in [2.24, 2.45) is 0 Å². The highest BCUT2D eigenvalue weighted by atomic mass is 35.5. The highest BCUT2D eigenvalue weighted by Gasteiger charge is 2.11. The van der Waals surface area contributed by atoms with E-state index in [1.165, 1.54) is 0 Å². The molecule has 0 heterocycles. The van der Waals surface area contributed by atoms with E-state index in [2.05, 4.69) is 0 Å². The van der Waals surface area contributed by atoms with Gasteiger partial charge in [0.2, 0.25) is 0 Å². The summed E-state index contributed by atoms with van der Waals surface area (Å²) in [6.07, 6.45) is -0.595. The summed E-state index contributed by atoms with van der Waals surface area (Å²) in [4.78, 5) is 10.7. The number of aryl methyl sites for hydroxylation is 1. The monoisotopic (exact) mass is 198 g/mol. The van der Waals surface area contributed by atoms with Gasteiger partial charge in [0.15, 0.2) is 6.10 Å². The van der Waals surface area contributed by atoms with Crippen LogP contribution < -0.4 is 4.74 Å². The Hall–Kier alpha value is -1.02. The van der Waals surface area contributed by atoms with E-state index in [0.717, 1.165) is 5.56 Å². The minimum absolute atomic E-state index is 0.483. The Bertz CT molecular complexity index is 310. The molecule has 0 radical (unpaired) electrons. The standard InChI is InChI=1S/C10H11ClO2/c1-7-5-3-4-6-9(7)13-8(2)10(11)12/h3-6,8H,1-2H3. The van der Waals surface area contributed by atoms with Crippen molar-refractivity contribution >= 4 is 16.8 Å². The van der Waals surface area contributed by atoms with Crippen molar-refractivity contribution in [2.45, 2.75) is 20.0 Å². The molecule has 0 amide bonds. The van der Waals surface area contributed by atoms with Crippen molar-refractivity contribution in [3.8, 4) is 5.75 Å². The van der Waals surface area contributed by atoms with E-state index in [9.17, 15) is 4.79 Å². The Labute approximate surface area is 82.5 Å². The van der Waals surface area contributed by atoms with E-state index >= 15 is 0 Å². The fourth-order valence-corrected chi connectivity index (χ4v) is 0.970. The zero-order chi connectivity index (χ0) is 9.84. The van der Waals surface area contributed by atoms with Gasteiger partial charge in [0.25, 0.3) is 5.24 Å². The Morgan fingerprint density at radius 1 is 1.46 bits per heavy atom. The van der Waals surface area contributed by atoms with Gasteiger partial charge in [-0.25, -0.2) is 0 Å². The van der Waals surface area contributed by atoms with Gasteiger partial charge in [-0.05, 0) is 37.1 Å². The first-order valence-corrected chi connectivity index (χ1v) is 4.40. The summed E-state index contributed by atoms with van der Waals surface area (Å²) in [6.45, 7) is 3.54. The minimum Gasteiger partial charge on any atom is -0.481 e. The smallest absolute Gasteiger partial charge is 0.262 e. The first-order valence-electron chi connectivity index (χ1n) is 4.03. The molecule has 1 rings (SSSR count). The van der Waals surface area contributed by atoms with E-state index < -0.39 is 11.3 Å². The fraction of sp³-hybridized carbons (Fsp3) is 0.300. The van der Waals surface area contributed by atoms with Crippen LogP contribution in [0, 0.1) is 6.92 Å². The molecule has 1 unspecified atom stereocenters. The van der Waals surface area contributed by atoms with Gasteiger partial charge in [-0.3, -0.25) is 4.79 Å². The van der Waals surface area contributed by atoms with Gasteiger partial charge in [0.1, 0.15) is 5.75 Å². The van der Waals surface area contributed by atoms with Gasteiger partial charge < -0.3 is 4.74 Å². The summed E-state index contributed by atoms with van der Waals surface area (Å²) in [6, 6.07) is 7.50. The van der Waals surface area contributed by atoms with Crippen LogP contribution in [0.5, 0.6) is 5.75 Å². The Morgan fingerprint density at radius 3 is 2.62 bits per heavy atom. The lowest BCUT2D eigenvalue weighted by Crippen LogP contribution is -2.19. The maximum absolute atomic E-state index is 10.7. The predicted molar refractivity (Wildman–Crippen MR) is 52.1 cm³/mol. The van der Waals surface area contributed by atoms with E-state index in [1.54, 1.807) is 6.92 Å². The molecule has 0 aliphatic heterocycles. The van der Waals surface area contributed by atoms with Crippen LogP contribution in [0.4, 0.5) is 0 Å². The molecule has 0 N–H and O–H groups in total. The van der Waals surface area contributed by atoms with Crippen LogP contribution in [-0.2, 0) is 4.79 Å². The summed E-state index contributed by atoms with van der Waals surface area (Å²) >= 11 is 5.27. The molecular formula is C10H11ClO2. The summed E-state index contributed by atoms with van der Waals surface area (Å²) in [7, 11) is 0. The van der Waals surface area contributed by atoms with Crippen molar-refractivity contribution in [2.75, 3.05) is 0 Å². The largest absolute Gasteiger partial charge is 0.481 e. The second-order valence-corrected chi connectivity index (χ2v) is 3.20. The van der Waals surface area contributed by atoms with Crippen molar-refractivity contribution in [1.82, 2.24) is 0 Å². The Kier molecular flexibility index (Phi) is 3.32. The highest BCUT2D eigenvalue weighted by Crippen LogP contribution is 2.18. The molecule has 1 aromatic rings. The maximum atomic E-state index is 10.7. The molecule has 1 atom stereocenters. The van der Waals surface area contributed by atoms with Crippen molar-refractivity contribution in [3.05, 3.63) is 29.8 Å². The number of hydrogen-bond donors (Lipinski definition) is 0. The first kappa shape index (κ1) is 10.1. The fourth-order valence-electron chi connectivity index (χ4n) is 0.925. The molecule has 3 heteroatoms. The van der Waals surface area contributed by atoms with Crippen LogP contribution in [0.2, 0.25) is 0 Å². The number of carbonyl (C=O) groups excluding carboxylic acids is 1. The molecule has 0 fully saturated rings. The zero-order valence-electron chi connectivity index (χ0n) is 7.58. The van der Waals surface area contributed by atoms with Gasteiger partial charge in [0.05, 0.1) is 0 Å². The lowest BCUT2D eigenvalue weighted by molar-refractivity contribution is -0.117. The van der Waals surface area contributed by atoms with Gasteiger partial charge >= 0.3 is 0 Å². The molecule has 2 nitrogen and oxygen atoms in total. The van der Waals surface area contributed by atoms with Crippen molar-refractivity contribution in [1.29, 1.82) is 0 Å². The lowest BCUT2D eigenvalue weighted by Gasteiger charge is -2.12. The summed E-state index contributed by atoms with van der Waals surface area (Å²) < 4.78 is 5.33. The van der Waals surface area contributed by atoms with Crippen LogP contribution in [0.1, 0.15) is 12.5 Å². The third kappa shape index (κ3) is 2.74. The molecule has 0 saturated heterocycles. The van der Waals surface area contributed by atoms with Crippen molar-refractivity contribution in [3.63, 3.8) is 0 Å². The Balaban J connectivity index is 2.74. The normalized spacial score (nSPS) is 12.2. The number of carbonyl (C=O) groups is 1. The molecular weight excluding hydrogens is 188 g/mol. The lowest BCUT2D eigenvalue weighted by atomic mass is 10.2. The van der Waals surface area contributed by atoms with Gasteiger partial charge in [-0.2, -0.15) is 0 Å². The molecule has 0 aromatic heterocycles. The molecule has 0 saturated carbocycles. The topological polar surface area (TPSA) is 26.3 Å². The van der Waals surface area contributed by atoms with E-state index in [-0.39, 0.29) is 0 Å². The Morgan fingerprint density at radius 2 is 2.08 bits per heavy atom. The van der Waals surface area contributed by atoms with Crippen molar-refractivity contribution < 1.29 is 9.53 Å². The van der Waals surface area contributed by atoms with E-state index in [4.69, 9.17) is 16.3 Å². The van der Waals surface area contributed by atoms with Crippen LogP contribution in [0.15, 0.2) is 24.3 Å². The average molecular weight is 199 g/mol. The summed E-state index contributed by atoms with van der Waals surface area (Å²) in [5, 5.41) is -0.483. The van der Waals surface area contributed by atoms with Crippen LogP contribution in [0.3, 0.4) is 0 Å². The number of hydrogen-bond acceptors (Lipinski definition) is 2. The maximum Gasteiger partial charge on any atom is 0.262 e. The molecule has 13 heavy (non-hydrogen) atoms. The molecule has 0 spiro atoms. The third-order valence-corrected chi connectivity index (χ3v) is 2.02.